The molecule has 8 heteroatoms. The summed E-state index contributed by atoms with van der Waals surface area (Å²) in [6, 6.07) is 2.87. The van der Waals surface area contributed by atoms with E-state index in [4.69, 9.17) is 16.7 Å². The van der Waals surface area contributed by atoms with Crippen LogP contribution in [-0.2, 0) is 10.0 Å². The van der Waals surface area contributed by atoms with Gasteiger partial charge in [-0.15, -0.1) is 11.8 Å². The molecule has 0 aromatic heterocycles. The quantitative estimate of drug-likeness (QED) is 0.673. The molecule has 0 spiro atoms. The van der Waals surface area contributed by atoms with Gasteiger partial charge in [-0.25, -0.2) is 13.6 Å². The summed E-state index contributed by atoms with van der Waals surface area (Å²) < 4.78 is 23.5. The number of thioether (sulfide) groups is 1. The van der Waals surface area contributed by atoms with Crippen molar-refractivity contribution in [2.75, 3.05) is 6.54 Å². The zero-order chi connectivity index (χ0) is 18.4. The first kappa shape index (κ1) is 20.6. The fraction of sp³-hybridized carbons (Fsp3) is 0.588. The Balaban J connectivity index is 2.34. The maximum Gasteiger partial charge on any atom is 0.252 e. The predicted molar refractivity (Wildman–Crippen MR) is 103 cm³/mol. The molecule has 1 aliphatic carbocycles. The van der Waals surface area contributed by atoms with Crippen molar-refractivity contribution >= 4 is 39.3 Å². The van der Waals surface area contributed by atoms with E-state index in [0.29, 0.717) is 17.4 Å². The van der Waals surface area contributed by atoms with E-state index in [1.165, 1.54) is 25.3 Å². The molecule has 1 aromatic rings. The lowest BCUT2D eigenvalue weighted by atomic mass is 10.0. The highest BCUT2D eigenvalue weighted by atomic mass is 35.5. The van der Waals surface area contributed by atoms with Crippen molar-refractivity contribution in [1.82, 2.24) is 5.32 Å². The van der Waals surface area contributed by atoms with E-state index in [9.17, 15) is 13.2 Å². The van der Waals surface area contributed by atoms with Gasteiger partial charge in [0.05, 0.1) is 10.6 Å². The Bertz CT molecular complexity index is 717. The number of halogens is 1. The van der Waals surface area contributed by atoms with Gasteiger partial charge >= 0.3 is 0 Å². The van der Waals surface area contributed by atoms with Gasteiger partial charge in [-0.2, -0.15) is 0 Å². The third kappa shape index (κ3) is 5.88. The zero-order valence-electron chi connectivity index (χ0n) is 14.4. The Labute approximate surface area is 159 Å². The Morgan fingerprint density at radius 1 is 1.32 bits per heavy atom. The van der Waals surface area contributed by atoms with Gasteiger partial charge in [-0.1, -0.05) is 44.2 Å². The van der Waals surface area contributed by atoms with Crippen LogP contribution in [0.1, 0.15) is 62.2 Å². The van der Waals surface area contributed by atoms with Crippen LogP contribution >= 0.6 is 23.4 Å². The van der Waals surface area contributed by atoms with Gasteiger partial charge in [-0.05, 0) is 31.4 Å². The number of nitrogens with one attached hydrogen (secondary N) is 1. The van der Waals surface area contributed by atoms with Crippen LogP contribution in [0.2, 0.25) is 5.02 Å². The molecule has 3 N–H and O–H groups in total. The molecule has 1 aliphatic rings. The second-order valence-corrected chi connectivity index (χ2v) is 9.59. The topological polar surface area (TPSA) is 89.3 Å². The fourth-order valence-electron chi connectivity index (χ4n) is 2.86. The predicted octanol–water partition coefficient (Wildman–Crippen LogP) is 3.94. The highest BCUT2D eigenvalue weighted by molar-refractivity contribution is 8.00. The summed E-state index contributed by atoms with van der Waals surface area (Å²) in [5, 5.41) is 8.56. The maximum absolute atomic E-state index is 12.6. The number of unbranched alkanes of at least 4 members (excludes halogenated alkanes) is 1. The van der Waals surface area contributed by atoms with E-state index in [-0.39, 0.29) is 15.8 Å². The molecule has 2 rings (SSSR count). The number of nitrogens with two attached hydrogens (primary N) is 1. The lowest BCUT2D eigenvalue weighted by Crippen LogP contribution is -2.26. The summed E-state index contributed by atoms with van der Waals surface area (Å²) in [4.78, 5) is 13.1. The van der Waals surface area contributed by atoms with E-state index < -0.39 is 10.0 Å². The van der Waals surface area contributed by atoms with Gasteiger partial charge in [0.25, 0.3) is 5.91 Å². The summed E-state index contributed by atoms with van der Waals surface area (Å²) >= 11 is 7.74. The normalized spacial score (nSPS) is 16.0. The van der Waals surface area contributed by atoms with Crippen LogP contribution in [0.3, 0.4) is 0 Å². The number of primary sulfonamides is 1. The van der Waals surface area contributed by atoms with Gasteiger partial charge in [0.15, 0.2) is 0 Å². The Morgan fingerprint density at radius 3 is 2.60 bits per heavy atom. The van der Waals surface area contributed by atoms with E-state index in [2.05, 4.69) is 5.32 Å². The lowest BCUT2D eigenvalue weighted by molar-refractivity contribution is 0.0950. The van der Waals surface area contributed by atoms with Crippen molar-refractivity contribution < 1.29 is 13.2 Å². The van der Waals surface area contributed by atoms with Crippen molar-refractivity contribution in [3.63, 3.8) is 0 Å². The van der Waals surface area contributed by atoms with Crippen LogP contribution in [0.15, 0.2) is 21.9 Å². The Hall–Kier alpha value is -0.760. The molecule has 0 aliphatic heterocycles. The average molecular weight is 405 g/mol. The van der Waals surface area contributed by atoms with Crippen molar-refractivity contribution in [3.8, 4) is 0 Å². The minimum Gasteiger partial charge on any atom is -0.352 e. The molecular formula is C17H25ClN2O3S2. The molecule has 0 unspecified atom stereocenters. The van der Waals surface area contributed by atoms with E-state index >= 15 is 0 Å². The average Bonchev–Trinajstić information content (AvgIpc) is 2.55. The standard InChI is InChI=1S/C17H25ClN2O3S2/c1-2-3-9-20-17(21)13-10-16(25(19,22)23)14(18)11-15(13)24-12-7-5-4-6-8-12/h10-12H,2-9H2,1H3,(H,20,21)(H2,19,22,23). The van der Waals surface area contributed by atoms with Crippen LogP contribution in [0.25, 0.3) is 0 Å². The van der Waals surface area contributed by atoms with Crippen LogP contribution in [0, 0.1) is 0 Å². The first-order valence-corrected chi connectivity index (χ1v) is 11.4. The summed E-state index contributed by atoms with van der Waals surface area (Å²) in [5.41, 5.74) is 0.333. The zero-order valence-corrected chi connectivity index (χ0v) is 16.8. The van der Waals surface area contributed by atoms with Gasteiger partial charge in [0.1, 0.15) is 4.90 Å². The summed E-state index contributed by atoms with van der Waals surface area (Å²) in [6.07, 6.45) is 7.62. The van der Waals surface area contributed by atoms with Crippen molar-refractivity contribution in [3.05, 3.63) is 22.7 Å². The number of carbonyl (C=O) groups is 1. The summed E-state index contributed by atoms with van der Waals surface area (Å²) in [7, 11) is -3.99. The van der Waals surface area contributed by atoms with Crippen LogP contribution in [-0.4, -0.2) is 26.1 Å². The molecule has 0 radical (unpaired) electrons. The molecule has 0 atom stereocenters. The monoisotopic (exact) mass is 404 g/mol. The number of carbonyl (C=O) groups excluding carboxylic acids is 1. The number of sulfonamides is 1. The highest BCUT2D eigenvalue weighted by Crippen LogP contribution is 2.38. The fourth-order valence-corrected chi connectivity index (χ4v) is 5.42. The molecule has 1 fully saturated rings. The second-order valence-electron chi connectivity index (χ2n) is 6.31. The highest BCUT2D eigenvalue weighted by Gasteiger charge is 2.23. The minimum atomic E-state index is -3.99. The molecule has 0 heterocycles. The molecule has 1 saturated carbocycles. The molecular weight excluding hydrogens is 380 g/mol. The smallest absolute Gasteiger partial charge is 0.252 e. The van der Waals surface area contributed by atoms with Gasteiger partial charge < -0.3 is 5.32 Å². The maximum atomic E-state index is 12.6. The SMILES string of the molecule is CCCCNC(=O)c1cc(S(N)(=O)=O)c(Cl)cc1SC1CCCCC1. The molecule has 140 valence electrons. The molecule has 1 amide bonds. The van der Waals surface area contributed by atoms with Gasteiger partial charge in [0, 0.05) is 16.7 Å². The minimum absolute atomic E-state index is 0.0610. The number of benzene rings is 1. The summed E-state index contributed by atoms with van der Waals surface area (Å²) in [6.45, 7) is 2.59. The first-order valence-electron chi connectivity index (χ1n) is 8.64. The lowest BCUT2D eigenvalue weighted by Gasteiger charge is -2.22. The molecule has 0 bridgehead atoms. The van der Waals surface area contributed by atoms with Crippen molar-refractivity contribution in [1.29, 1.82) is 0 Å². The summed E-state index contributed by atoms with van der Waals surface area (Å²) in [5.74, 6) is -0.284. The molecule has 1 aromatic carbocycles. The van der Waals surface area contributed by atoms with Crippen LogP contribution in [0.4, 0.5) is 0 Å². The van der Waals surface area contributed by atoms with Crippen molar-refractivity contribution in [2.24, 2.45) is 5.14 Å². The third-order valence-electron chi connectivity index (χ3n) is 4.25. The third-order valence-corrected chi connectivity index (χ3v) is 7.02. The number of hydrogen-bond acceptors (Lipinski definition) is 4. The van der Waals surface area contributed by atoms with Crippen molar-refractivity contribution in [2.45, 2.75) is 66.9 Å². The number of rotatable bonds is 7. The van der Waals surface area contributed by atoms with E-state index in [1.807, 2.05) is 6.92 Å². The molecule has 25 heavy (non-hydrogen) atoms. The molecule has 5 nitrogen and oxygen atoms in total. The number of amides is 1. The Morgan fingerprint density at radius 2 is 2.00 bits per heavy atom. The van der Waals surface area contributed by atoms with Crippen LogP contribution < -0.4 is 10.5 Å². The molecule has 0 saturated heterocycles. The second kappa shape index (κ2) is 9.26. The van der Waals surface area contributed by atoms with Gasteiger partial charge in [-0.3, -0.25) is 4.79 Å². The van der Waals surface area contributed by atoms with E-state index in [0.717, 1.165) is 30.6 Å². The number of hydrogen-bond donors (Lipinski definition) is 2. The van der Waals surface area contributed by atoms with Crippen LogP contribution in [0.5, 0.6) is 0 Å². The first-order chi connectivity index (χ1) is 11.8. The van der Waals surface area contributed by atoms with E-state index in [1.54, 1.807) is 17.8 Å². The van der Waals surface area contributed by atoms with Gasteiger partial charge in [0.2, 0.25) is 10.0 Å². The largest absolute Gasteiger partial charge is 0.352 e. The Kier molecular flexibility index (Phi) is 7.61.